The van der Waals surface area contributed by atoms with Crippen molar-refractivity contribution in [3.8, 4) is 0 Å². The van der Waals surface area contributed by atoms with Gasteiger partial charge in [0.15, 0.2) is 6.61 Å². The number of rotatable bonds is 9. The number of benzene rings is 1. The monoisotopic (exact) mass is 351 g/mol. The first-order chi connectivity index (χ1) is 11.9. The average molecular weight is 351 g/mol. The molecule has 1 N–H and O–H groups in total. The molecule has 0 spiro atoms. The van der Waals surface area contributed by atoms with Crippen molar-refractivity contribution in [1.82, 2.24) is 5.32 Å². The van der Waals surface area contributed by atoms with Gasteiger partial charge in [0.25, 0.3) is 5.91 Å². The Bertz CT molecular complexity index is 601. The Balaban J connectivity index is 2.61. The molecule has 0 saturated carbocycles. The van der Waals surface area contributed by atoms with Gasteiger partial charge in [-0.3, -0.25) is 4.79 Å². The lowest BCUT2D eigenvalue weighted by Crippen LogP contribution is -2.47. The molecule has 7 heteroatoms. The Morgan fingerprint density at radius 3 is 2.52 bits per heavy atom. The maximum atomic E-state index is 12.0. The molecule has 25 heavy (non-hydrogen) atoms. The molecule has 0 radical (unpaired) electrons. The Morgan fingerprint density at radius 1 is 1.20 bits per heavy atom. The zero-order valence-corrected chi connectivity index (χ0v) is 15.0. The van der Waals surface area contributed by atoms with Crippen molar-refractivity contribution in [1.29, 1.82) is 0 Å². The van der Waals surface area contributed by atoms with Crippen LogP contribution in [0, 0.1) is 5.92 Å². The van der Waals surface area contributed by atoms with Gasteiger partial charge in [0, 0.05) is 7.11 Å². The van der Waals surface area contributed by atoms with Crippen molar-refractivity contribution < 1.29 is 28.6 Å². The molecule has 1 aromatic carbocycles. The van der Waals surface area contributed by atoms with Crippen LogP contribution in [0.3, 0.4) is 0 Å². The molecular weight excluding hydrogens is 326 g/mol. The van der Waals surface area contributed by atoms with E-state index in [1.165, 1.54) is 7.11 Å². The highest BCUT2D eigenvalue weighted by molar-refractivity contribution is 5.92. The molecule has 1 amide bonds. The summed E-state index contributed by atoms with van der Waals surface area (Å²) in [6.07, 6.45) is 0.687. The second-order valence-electron chi connectivity index (χ2n) is 5.66. The highest BCUT2D eigenvalue weighted by Gasteiger charge is 2.27. The second kappa shape index (κ2) is 10.5. The van der Waals surface area contributed by atoms with Crippen LogP contribution in [-0.2, 0) is 30.4 Å². The molecule has 0 aliphatic heterocycles. The van der Waals surface area contributed by atoms with Crippen LogP contribution in [0.15, 0.2) is 24.3 Å². The number of amides is 1. The summed E-state index contributed by atoms with van der Waals surface area (Å²) in [5.74, 6) is -1.80. The summed E-state index contributed by atoms with van der Waals surface area (Å²) < 4.78 is 14.7. The smallest absolute Gasteiger partial charge is 0.338 e. The van der Waals surface area contributed by atoms with Gasteiger partial charge in [-0.2, -0.15) is 0 Å². The largest absolute Gasteiger partial charge is 0.467 e. The minimum Gasteiger partial charge on any atom is -0.467 e. The summed E-state index contributed by atoms with van der Waals surface area (Å²) in [4.78, 5) is 35.8. The summed E-state index contributed by atoms with van der Waals surface area (Å²) in [6.45, 7) is 3.63. The third kappa shape index (κ3) is 6.54. The lowest BCUT2D eigenvalue weighted by Gasteiger charge is -2.21. The summed E-state index contributed by atoms with van der Waals surface area (Å²) in [5.41, 5.74) is 1.15. The van der Waals surface area contributed by atoms with E-state index in [1.54, 1.807) is 25.3 Å². The van der Waals surface area contributed by atoms with Gasteiger partial charge in [-0.05, 0) is 23.6 Å². The van der Waals surface area contributed by atoms with Crippen LogP contribution in [0.1, 0.15) is 36.2 Å². The van der Waals surface area contributed by atoms with E-state index in [1.807, 2.05) is 19.9 Å². The molecule has 2 atom stereocenters. The van der Waals surface area contributed by atoms with Crippen molar-refractivity contribution in [2.45, 2.75) is 32.9 Å². The molecule has 0 aromatic heterocycles. The second-order valence-corrected chi connectivity index (χ2v) is 5.66. The number of hydrogen-bond acceptors (Lipinski definition) is 6. The Labute approximate surface area is 147 Å². The van der Waals surface area contributed by atoms with E-state index < -0.39 is 30.5 Å². The maximum absolute atomic E-state index is 12.0. The molecule has 0 aliphatic rings. The van der Waals surface area contributed by atoms with Crippen LogP contribution in [0.2, 0.25) is 0 Å². The molecule has 2 unspecified atom stereocenters. The van der Waals surface area contributed by atoms with E-state index in [4.69, 9.17) is 14.2 Å². The summed E-state index contributed by atoms with van der Waals surface area (Å²) in [5, 5.41) is 2.55. The first kappa shape index (κ1) is 20.6. The number of carbonyl (C=O) groups is 3. The first-order valence-corrected chi connectivity index (χ1v) is 8.05. The zero-order valence-electron chi connectivity index (χ0n) is 15.0. The molecule has 1 rings (SSSR count). The average Bonchev–Trinajstić information content (AvgIpc) is 2.63. The molecule has 0 fully saturated rings. The lowest BCUT2D eigenvalue weighted by molar-refractivity contribution is -0.147. The Kier molecular flexibility index (Phi) is 8.63. The van der Waals surface area contributed by atoms with Gasteiger partial charge in [0.2, 0.25) is 0 Å². The van der Waals surface area contributed by atoms with Crippen LogP contribution < -0.4 is 5.32 Å². The van der Waals surface area contributed by atoms with Gasteiger partial charge in [0.05, 0.1) is 19.3 Å². The minimum absolute atomic E-state index is 0.0992. The third-order valence-corrected chi connectivity index (χ3v) is 3.79. The predicted octanol–water partition coefficient (Wildman–Crippen LogP) is 1.69. The van der Waals surface area contributed by atoms with Crippen molar-refractivity contribution in [2.24, 2.45) is 5.92 Å². The van der Waals surface area contributed by atoms with E-state index in [2.05, 4.69) is 5.32 Å². The quantitative estimate of drug-likeness (QED) is 0.681. The van der Waals surface area contributed by atoms with Crippen molar-refractivity contribution >= 4 is 17.8 Å². The number of hydrogen-bond donors (Lipinski definition) is 1. The van der Waals surface area contributed by atoms with Gasteiger partial charge in [0.1, 0.15) is 6.04 Å². The summed E-state index contributed by atoms with van der Waals surface area (Å²) >= 11 is 0. The Hall–Kier alpha value is -2.41. The lowest BCUT2D eigenvalue weighted by atomic mass is 9.99. The topological polar surface area (TPSA) is 90.9 Å². The zero-order chi connectivity index (χ0) is 18.8. The molecular formula is C18H25NO6. The molecule has 0 aliphatic carbocycles. The van der Waals surface area contributed by atoms with Crippen LogP contribution in [0.25, 0.3) is 0 Å². The fourth-order valence-corrected chi connectivity index (χ4v) is 2.18. The number of ether oxygens (including phenoxy) is 3. The van der Waals surface area contributed by atoms with Crippen LogP contribution in [0.5, 0.6) is 0 Å². The molecule has 138 valence electrons. The summed E-state index contributed by atoms with van der Waals surface area (Å²) in [7, 11) is 2.82. The maximum Gasteiger partial charge on any atom is 0.338 e. The molecule has 1 aromatic rings. The normalized spacial score (nSPS) is 12.8. The van der Waals surface area contributed by atoms with Crippen LogP contribution in [-0.4, -0.2) is 44.7 Å². The third-order valence-electron chi connectivity index (χ3n) is 3.79. The number of carbonyl (C=O) groups excluding carboxylic acids is 3. The minimum atomic E-state index is -0.772. The van der Waals surface area contributed by atoms with E-state index in [0.717, 1.165) is 5.56 Å². The van der Waals surface area contributed by atoms with Gasteiger partial charge in [-0.25, -0.2) is 9.59 Å². The highest BCUT2D eigenvalue weighted by Crippen LogP contribution is 2.10. The van der Waals surface area contributed by atoms with Gasteiger partial charge >= 0.3 is 11.9 Å². The van der Waals surface area contributed by atoms with E-state index in [-0.39, 0.29) is 5.92 Å². The van der Waals surface area contributed by atoms with E-state index in [9.17, 15) is 14.4 Å². The van der Waals surface area contributed by atoms with Crippen molar-refractivity contribution in [2.75, 3.05) is 20.8 Å². The van der Waals surface area contributed by atoms with E-state index >= 15 is 0 Å². The number of esters is 2. The standard InChI is InChI=1S/C18H25NO6/c1-5-12(2)16(18(22)24-4)19-15(20)11-25-17(21)14-8-6-7-13(9-14)10-23-3/h6-9,12,16H,5,10-11H2,1-4H3,(H,19,20). The fourth-order valence-electron chi connectivity index (χ4n) is 2.18. The SMILES string of the molecule is CCC(C)C(NC(=O)COC(=O)c1cccc(COC)c1)C(=O)OC. The first-order valence-electron chi connectivity index (χ1n) is 8.05. The van der Waals surface area contributed by atoms with Crippen molar-refractivity contribution in [3.05, 3.63) is 35.4 Å². The highest BCUT2D eigenvalue weighted by atomic mass is 16.5. The number of nitrogens with one attached hydrogen (secondary N) is 1. The predicted molar refractivity (Wildman–Crippen MR) is 90.8 cm³/mol. The van der Waals surface area contributed by atoms with Gasteiger partial charge < -0.3 is 19.5 Å². The fraction of sp³-hybridized carbons (Fsp3) is 0.500. The van der Waals surface area contributed by atoms with Gasteiger partial charge in [-0.1, -0.05) is 32.4 Å². The van der Waals surface area contributed by atoms with Crippen LogP contribution in [0.4, 0.5) is 0 Å². The van der Waals surface area contributed by atoms with E-state index in [0.29, 0.717) is 18.6 Å². The number of methoxy groups -OCH3 is 2. The summed E-state index contributed by atoms with van der Waals surface area (Å²) in [6, 6.07) is 5.99. The Morgan fingerprint density at radius 2 is 1.92 bits per heavy atom. The van der Waals surface area contributed by atoms with Gasteiger partial charge in [-0.15, -0.1) is 0 Å². The van der Waals surface area contributed by atoms with Crippen LogP contribution >= 0.6 is 0 Å². The molecule has 7 nitrogen and oxygen atoms in total. The molecule has 0 saturated heterocycles. The molecule has 0 heterocycles. The molecule has 0 bridgehead atoms. The van der Waals surface area contributed by atoms with Crippen molar-refractivity contribution in [3.63, 3.8) is 0 Å².